The SMILES string of the molecule is CC.Cc1cc(-c2[nH]c3cc(-c4ccc(N5CCNCC5)nc4)ccc3c2C)ccn1. The number of aromatic amines is 1. The van der Waals surface area contributed by atoms with E-state index in [0.29, 0.717) is 0 Å². The lowest BCUT2D eigenvalue weighted by Crippen LogP contribution is -2.43. The van der Waals surface area contributed by atoms with Crippen LogP contribution in [0.1, 0.15) is 25.1 Å². The van der Waals surface area contributed by atoms with Gasteiger partial charge in [-0.3, -0.25) is 4.98 Å². The summed E-state index contributed by atoms with van der Waals surface area (Å²) in [6.07, 6.45) is 3.86. The van der Waals surface area contributed by atoms with Gasteiger partial charge < -0.3 is 15.2 Å². The van der Waals surface area contributed by atoms with Crippen LogP contribution >= 0.6 is 0 Å². The van der Waals surface area contributed by atoms with Gasteiger partial charge in [0.25, 0.3) is 0 Å². The van der Waals surface area contributed by atoms with Crippen molar-refractivity contribution in [1.82, 2.24) is 20.3 Å². The second-order valence-electron chi connectivity index (χ2n) is 7.71. The predicted octanol–water partition coefficient (Wildman–Crippen LogP) is 5.34. The van der Waals surface area contributed by atoms with Crippen molar-refractivity contribution in [2.75, 3.05) is 31.1 Å². The number of hydrogen-bond donors (Lipinski definition) is 2. The number of benzene rings is 1. The zero-order valence-corrected chi connectivity index (χ0v) is 18.9. The van der Waals surface area contributed by atoms with Crippen LogP contribution in [0.2, 0.25) is 0 Å². The minimum Gasteiger partial charge on any atom is -0.354 e. The van der Waals surface area contributed by atoms with Crippen molar-refractivity contribution in [1.29, 1.82) is 0 Å². The Kier molecular flexibility index (Phi) is 6.33. The first-order chi connectivity index (χ1) is 15.2. The fourth-order valence-electron chi connectivity index (χ4n) is 4.14. The van der Waals surface area contributed by atoms with Crippen LogP contribution in [0.15, 0.2) is 54.9 Å². The standard InChI is InChI=1S/C24H25N5.C2H6/c1-16-13-19(7-8-26-16)24-17(2)21-5-3-18(14-22(21)28-24)20-4-6-23(27-15-20)29-11-9-25-10-12-29;1-2/h3-8,13-15,25,28H,9-12H2,1-2H3;1-2H3. The molecule has 5 rings (SSSR count). The molecular weight excluding hydrogens is 382 g/mol. The number of fused-ring (bicyclic) bond motifs is 1. The largest absolute Gasteiger partial charge is 0.354 e. The minimum atomic E-state index is 1.01. The first-order valence-electron chi connectivity index (χ1n) is 11.2. The van der Waals surface area contributed by atoms with Crippen LogP contribution in [0.3, 0.4) is 0 Å². The van der Waals surface area contributed by atoms with Crippen molar-refractivity contribution in [2.45, 2.75) is 27.7 Å². The second kappa shape index (κ2) is 9.31. The molecule has 1 aliphatic rings. The molecule has 31 heavy (non-hydrogen) atoms. The van der Waals surface area contributed by atoms with Crippen molar-refractivity contribution < 1.29 is 0 Å². The summed E-state index contributed by atoms with van der Waals surface area (Å²) >= 11 is 0. The average Bonchev–Trinajstić information content (AvgIpc) is 3.17. The Morgan fingerprint density at radius 1 is 0.839 bits per heavy atom. The van der Waals surface area contributed by atoms with Crippen molar-refractivity contribution >= 4 is 16.7 Å². The molecule has 0 spiro atoms. The van der Waals surface area contributed by atoms with Crippen molar-refractivity contribution in [2.24, 2.45) is 0 Å². The van der Waals surface area contributed by atoms with Gasteiger partial charge in [0.1, 0.15) is 5.82 Å². The Morgan fingerprint density at radius 3 is 2.32 bits per heavy atom. The highest BCUT2D eigenvalue weighted by molar-refractivity contribution is 5.93. The van der Waals surface area contributed by atoms with E-state index in [4.69, 9.17) is 4.98 Å². The molecule has 0 unspecified atom stereocenters. The van der Waals surface area contributed by atoms with Gasteiger partial charge in [-0.2, -0.15) is 0 Å². The number of hydrogen-bond acceptors (Lipinski definition) is 4. The Balaban J connectivity index is 0.00000112. The maximum atomic E-state index is 4.72. The van der Waals surface area contributed by atoms with Crippen LogP contribution in [0.5, 0.6) is 0 Å². The molecule has 0 radical (unpaired) electrons. The molecule has 1 aliphatic heterocycles. The van der Waals surface area contributed by atoms with E-state index in [1.807, 2.05) is 33.2 Å². The lowest BCUT2D eigenvalue weighted by atomic mass is 10.0. The van der Waals surface area contributed by atoms with Crippen LogP contribution in [0, 0.1) is 13.8 Å². The molecule has 3 aromatic heterocycles. The Bertz CT molecular complexity index is 1150. The Morgan fingerprint density at radius 2 is 1.61 bits per heavy atom. The number of H-pyrrole nitrogens is 1. The van der Waals surface area contributed by atoms with E-state index < -0.39 is 0 Å². The van der Waals surface area contributed by atoms with Crippen LogP contribution in [-0.4, -0.2) is 41.1 Å². The fraction of sp³-hybridized carbons (Fsp3) is 0.308. The fourth-order valence-corrected chi connectivity index (χ4v) is 4.14. The average molecular weight is 414 g/mol. The molecule has 0 bridgehead atoms. The molecule has 1 fully saturated rings. The van der Waals surface area contributed by atoms with E-state index in [0.717, 1.165) is 54.5 Å². The highest BCUT2D eigenvalue weighted by Crippen LogP contribution is 2.32. The minimum absolute atomic E-state index is 1.01. The van der Waals surface area contributed by atoms with Gasteiger partial charge in [0.15, 0.2) is 0 Å². The molecule has 1 aromatic carbocycles. The maximum absolute atomic E-state index is 4.72. The zero-order valence-electron chi connectivity index (χ0n) is 18.9. The number of pyridine rings is 2. The summed E-state index contributed by atoms with van der Waals surface area (Å²) in [6, 6.07) is 15.1. The maximum Gasteiger partial charge on any atom is 0.128 e. The lowest BCUT2D eigenvalue weighted by Gasteiger charge is -2.28. The summed E-state index contributed by atoms with van der Waals surface area (Å²) in [7, 11) is 0. The van der Waals surface area contributed by atoms with Gasteiger partial charge in [0, 0.05) is 72.0 Å². The van der Waals surface area contributed by atoms with E-state index in [1.54, 1.807) is 0 Å². The highest BCUT2D eigenvalue weighted by Gasteiger charge is 2.13. The van der Waals surface area contributed by atoms with E-state index >= 15 is 0 Å². The molecule has 4 heterocycles. The van der Waals surface area contributed by atoms with Gasteiger partial charge in [-0.15, -0.1) is 0 Å². The third-order valence-electron chi connectivity index (χ3n) is 5.77. The van der Waals surface area contributed by atoms with Gasteiger partial charge in [0.05, 0.1) is 0 Å². The van der Waals surface area contributed by atoms with Gasteiger partial charge in [-0.05, 0) is 55.3 Å². The van der Waals surface area contributed by atoms with E-state index in [-0.39, 0.29) is 0 Å². The number of nitrogens with zero attached hydrogens (tertiary/aromatic N) is 3. The van der Waals surface area contributed by atoms with Crippen molar-refractivity contribution in [3.8, 4) is 22.4 Å². The normalized spacial score (nSPS) is 13.7. The van der Waals surface area contributed by atoms with Crippen LogP contribution < -0.4 is 10.2 Å². The predicted molar refractivity (Wildman–Crippen MR) is 131 cm³/mol. The quantitative estimate of drug-likeness (QED) is 0.476. The molecule has 5 heteroatoms. The summed E-state index contributed by atoms with van der Waals surface area (Å²) in [6.45, 7) is 12.3. The smallest absolute Gasteiger partial charge is 0.128 e. The third kappa shape index (κ3) is 4.32. The molecule has 0 amide bonds. The summed E-state index contributed by atoms with van der Waals surface area (Å²) in [5.41, 5.74) is 8.09. The number of piperazine rings is 1. The number of nitrogens with one attached hydrogen (secondary N) is 2. The summed E-state index contributed by atoms with van der Waals surface area (Å²) in [5, 5.41) is 4.64. The van der Waals surface area contributed by atoms with E-state index in [1.165, 1.54) is 22.1 Å². The van der Waals surface area contributed by atoms with Crippen molar-refractivity contribution in [3.05, 3.63) is 66.1 Å². The first kappa shape index (κ1) is 21.1. The second-order valence-corrected chi connectivity index (χ2v) is 7.71. The molecule has 0 aliphatic carbocycles. The first-order valence-corrected chi connectivity index (χ1v) is 11.2. The monoisotopic (exact) mass is 413 g/mol. The summed E-state index contributed by atoms with van der Waals surface area (Å²) in [5.74, 6) is 1.06. The Hall–Kier alpha value is -3.18. The number of aryl methyl sites for hydroxylation is 2. The molecule has 1 saturated heterocycles. The van der Waals surface area contributed by atoms with E-state index in [9.17, 15) is 0 Å². The van der Waals surface area contributed by atoms with Gasteiger partial charge in [0.2, 0.25) is 0 Å². The van der Waals surface area contributed by atoms with Gasteiger partial charge in [-0.25, -0.2) is 4.98 Å². The third-order valence-corrected chi connectivity index (χ3v) is 5.77. The van der Waals surface area contributed by atoms with Gasteiger partial charge in [-0.1, -0.05) is 26.0 Å². The summed E-state index contributed by atoms with van der Waals surface area (Å²) in [4.78, 5) is 15.0. The molecule has 5 nitrogen and oxygen atoms in total. The molecule has 0 atom stereocenters. The topological polar surface area (TPSA) is 56.8 Å². The lowest BCUT2D eigenvalue weighted by molar-refractivity contribution is 0.585. The summed E-state index contributed by atoms with van der Waals surface area (Å²) < 4.78 is 0. The van der Waals surface area contributed by atoms with E-state index in [2.05, 4.69) is 69.6 Å². The number of aromatic nitrogens is 3. The molecule has 0 saturated carbocycles. The van der Waals surface area contributed by atoms with Gasteiger partial charge >= 0.3 is 0 Å². The van der Waals surface area contributed by atoms with Crippen molar-refractivity contribution in [3.63, 3.8) is 0 Å². The number of rotatable bonds is 3. The number of anilines is 1. The molecular formula is C26H31N5. The Labute approximate surface area is 184 Å². The zero-order chi connectivity index (χ0) is 21.8. The highest BCUT2D eigenvalue weighted by atomic mass is 15.2. The van der Waals surface area contributed by atoms with Crippen LogP contribution in [0.4, 0.5) is 5.82 Å². The molecule has 4 aromatic rings. The van der Waals surface area contributed by atoms with Crippen LogP contribution in [-0.2, 0) is 0 Å². The molecule has 160 valence electrons. The molecule has 2 N–H and O–H groups in total. The van der Waals surface area contributed by atoms with Crippen LogP contribution in [0.25, 0.3) is 33.3 Å².